The SMILES string of the molecule is C=C(C)c1cccc(C(C)(C)NC(=O)N/N=C/c2ccc(O)c(OC)c2)c1. The molecule has 0 fully saturated rings. The summed E-state index contributed by atoms with van der Waals surface area (Å²) in [5.41, 5.74) is 5.49. The highest BCUT2D eigenvalue weighted by molar-refractivity contribution is 5.83. The molecule has 142 valence electrons. The predicted octanol–water partition coefficient (Wildman–Crippen LogP) is 4.00. The fourth-order valence-corrected chi connectivity index (χ4v) is 2.50. The number of hydrogen-bond donors (Lipinski definition) is 3. The number of allylic oxidation sites excluding steroid dienone is 1. The molecule has 0 aliphatic heterocycles. The second kappa shape index (κ2) is 8.40. The number of aromatic hydroxyl groups is 1. The summed E-state index contributed by atoms with van der Waals surface area (Å²) in [5, 5.41) is 16.4. The van der Waals surface area contributed by atoms with Gasteiger partial charge in [-0.2, -0.15) is 5.10 Å². The maximum absolute atomic E-state index is 12.2. The van der Waals surface area contributed by atoms with Crippen molar-refractivity contribution in [3.8, 4) is 11.5 Å². The number of methoxy groups -OCH3 is 1. The Bertz CT molecular complexity index is 873. The number of urea groups is 1. The van der Waals surface area contributed by atoms with Crippen molar-refractivity contribution in [2.45, 2.75) is 26.3 Å². The first-order valence-electron chi connectivity index (χ1n) is 8.47. The van der Waals surface area contributed by atoms with Crippen LogP contribution in [0.15, 0.2) is 54.1 Å². The van der Waals surface area contributed by atoms with Gasteiger partial charge in [-0.15, -0.1) is 0 Å². The molecule has 0 bridgehead atoms. The van der Waals surface area contributed by atoms with Crippen molar-refractivity contribution in [1.82, 2.24) is 10.7 Å². The predicted molar refractivity (Wildman–Crippen MR) is 108 cm³/mol. The van der Waals surface area contributed by atoms with E-state index in [1.165, 1.54) is 19.4 Å². The minimum Gasteiger partial charge on any atom is -0.504 e. The van der Waals surface area contributed by atoms with Crippen LogP contribution in [0, 0.1) is 0 Å². The van der Waals surface area contributed by atoms with E-state index in [0.29, 0.717) is 11.3 Å². The number of phenols is 1. The Labute approximate surface area is 159 Å². The first-order chi connectivity index (χ1) is 12.7. The molecule has 0 unspecified atom stereocenters. The molecule has 3 N–H and O–H groups in total. The number of nitrogens with zero attached hydrogens (tertiary/aromatic N) is 1. The summed E-state index contributed by atoms with van der Waals surface area (Å²) in [6.07, 6.45) is 1.47. The standard InChI is InChI=1S/C21H25N3O3/c1-14(2)16-7-6-8-17(12-16)21(3,4)23-20(26)24-22-13-15-9-10-18(25)19(11-15)27-5/h6-13,25H,1H2,2-5H3,(H2,23,24,26)/b22-13+. The zero-order valence-corrected chi connectivity index (χ0v) is 16.0. The van der Waals surface area contributed by atoms with Crippen LogP contribution in [0.4, 0.5) is 4.79 Å². The number of hydrogen-bond acceptors (Lipinski definition) is 4. The first kappa shape index (κ1) is 20.0. The third kappa shape index (κ3) is 5.34. The normalized spacial score (nSPS) is 11.3. The minimum absolute atomic E-state index is 0.0408. The van der Waals surface area contributed by atoms with Crippen LogP contribution in [0.1, 0.15) is 37.5 Å². The molecule has 0 heterocycles. The van der Waals surface area contributed by atoms with E-state index in [-0.39, 0.29) is 5.75 Å². The lowest BCUT2D eigenvalue weighted by Crippen LogP contribution is -2.45. The minimum atomic E-state index is -0.590. The number of phenolic OH excluding ortho intramolecular Hbond substituents is 1. The highest BCUT2D eigenvalue weighted by Gasteiger charge is 2.23. The van der Waals surface area contributed by atoms with Gasteiger partial charge in [-0.25, -0.2) is 10.2 Å². The smallest absolute Gasteiger partial charge is 0.335 e. The first-order valence-corrected chi connectivity index (χ1v) is 8.47. The summed E-state index contributed by atoms with van der Waals surface area (Å²) in [6.45, 7) is 9.73. The molecule has 0 aromatic heterocycles. The molecule has 0 aliphatic rings. The molecule has 27 heavy (non-hydrogen) atoms. The van der Waals surface area contributed by atoms with Gasteiger partial charge in [0.25, 0.3) is 0 Å². The van der Waals surface area contributed by atoms with Gasteiger partial charge in [-0.3, -0.25) is 0 Å². The molecule has 0 spiro atoms. The van der Waals surface area contributed by atoms with Gasteiger partial charge in [0.2, 0.25) is 0 Å². The number of nitrogens with one attached hydrogen (secondary N) is 2. The van der Waals surface area contributed by atoms with Crippen LogP contribution in [0.5, 0.6) is 11.5 Å². The van der Waals surface area contributed by atoms with Crippen LogP contribution in [-0.2, 0) is 5.54 Å². The van der Waals surface area contributed by atoms with Gasteiger partial charge >= 0.3 is 6.03 Å². The van der Waals surface area contributed by atoms with Crippen molar-refractivity contribution < 1.29 is 14.6 Å². The Hall–Kier alpha value is -3.28. The van der Waals surface area contributed by atoms with Crippen LogP contribution in [0.25, 0.3) is 5.57 Å². The third-order valence-electron chi connectivity index (χ3n) is 4.09. The summed E-state index contributed by atoms with van der Waals surface area (Å²) in [7, 11) is 1.46. The van der Waals surface area contributed by atoms with E-state index in [0.717, 1.165) is 16.7 Å². The summed E-state index contributed by atoms with van der Waals surface area (Å²) < 4.78 is 5.04. The van der Waals surface area contributed by atoms with Gasteiger partial charge in [0.15, 0.2) is 11.5 Å². The largest absolute Gasteiger partial charge is 0.504 e. The summed E-state index contributed by atoms with van der Waals surface area (Å²) in [4.78, 5) is 12.2. The molecule has 0 saturated heterocycles. The van der Waals surface area contributed by atoms with Crippen molar-refractivity contribution in [1.29, 1.82) is 0 Å². The molecule has 6 heteroatoms. The van der Waals surface area contributed by atoms with Crippen molar-refractivity contribution in [2.24, 2.45) is 5.10 Å². The Morgan fingerprint density at radius 3 is 2.67 bits per heavy atom. The van der Waals surface area contributed by atoms with Crippen LogP contribution >= 0.6 is 0 Å². The van der Waals surface area contributed by atoms with E-state index in [9.17, 15) is 9.90 Å². The Balaban J connectivity index is 2.02. The van der Waals surface area contributed by atoms with Crippen molar-refractivity contribution in [2.75, 3.05) is 7.11 Å². The zero-order valence-electron chi connectivity index (χ0n) is 16.0. The number of amides is 2. The average Bonchev–Trinajstić information content (AvgIpc) is 2.62. The van der Waals surface area contributed by atoms with Crippen LogP contribution in [0.2, 0.25) is 0 Å². The number of ether oxygens (including phenoxy) is 1. The van der Waals surface area contributed by atoms with Gasteiger partial charge in [0.1, 0.15) is 0 Å². The monoisotopic (exact) mass is 367 g/mol. The van der Waals surface area contributed by atoms with Gasteiger partial charge in [-0.05, 0) is 61.7 Å². The van der Waals surface area contributed by atoms with E-state index in [1.807, 2.05) is 45.0 Å². The van der Waals surface area contributed by atoms with Crippen molar-refractivity contribution >= 4 is 17.8 Å². The maximum atomic E-state index is 12.2. The Kier molecular flexibility index (Phi) is 6.23. The number of carbonyl (C=O) groups is 1. The molecule has 2 aromatic rings. The zero-order chi connectivity index (χ0) is 20.0. The number of carbonyl (C=O) groups excluding carboxylic acids is 1. The lowest BCUT2D eigenvalue weighted by molar-refractivity contribution is 0.230. The molecular weight excluding hydrogens is 342 g/mol. The lowest BCUT2D eigenvalue weighted by atomic mass is 9.92. The topological polar surface area (TPSA) is 83.0 Å². The highest BCUT2D eigenvalue weighted by Crippen LogP contribution is 2.25. The summed E-state index contributed by atoms with van der Waals surface area (Å²) >= 11 is 0. The molecule has 2 aromatic carbocycles. The lowest BCUT2D eigenvalue weighted by Gasteiger charge is -2.27. The third-order valence-corrected chi connectivity index (χ3v) is 4.09. The molecule has 0 aliphatic carbocycles. The van der Waals surface area contributed by atoms with Crippen LogP contribution < -0.4 is 15.5 Å². The highest BCUT2D eigenvalue weighted by atomic mass is 16.5. The van der Waals surface area contributed by atoms with E-state index < -0.39 is 11.6 Å². The Morgan fingerprint density at radius 2 is 2.00 bits per heavy atom. The second-order valence-electron chi connectivity index (χ2n) is 6.74. The van der Waals surface area contributed by atoms with Crippen LogP contribution in [-0.4, -0.2) is 24.5 Å². The molecule has 2 amide bonds. The van der Waals surface area contributed by atoms with E-state index in [1.54, 1.807) is 12.1 Å². The fourth-order valence-electron chi connectivity index (χ4n) is 2.50. The van der Waals surface area contributed by atoms with Gasteiger partial charge < -0.3 is 15.2 Å². The molecule has 0 radical (unpaired) electrons. The quantitative estimate of drug-likeness (QED) is 0.533. The van der Waals surface area contributed by atoms with Crippen LogP contribution in [0.3, 0.4) is 0 Å². The molecule has 0 atom stereocenters. The summed E-state index contributed by atoms with van der Waals surface area (Å²) in [5.74, 6) is 0.376. The molecular formula is C21H25N3O3. The molecule has 6 nitrogen and oxygen atoms in total. The second-order valence-corrected chi connectivity index (χ2v) is 6.74. The number of benzene rings is 2. The average molecular weight is 367 g/mol. The van der Waals surface area contributed by atoms with Gasteiger partial charge in [0.05, 0.1) is 18.9 Å². The fraction of sp³-hybridized carbons (Fsp3) is 0.238. The van der Waals surface area contributed by atoms with E-state index in [4.69, 9.17) is 4.74 Å². The van der Waals surface area contributed by atoms with Gasteiger partial charge in [0, 0.05) is 0 Å². The summed E-state index contributed by atoms with van der Waals surface area (Å²) in [6, 6.07) is 12.2. The van der Waals surface area contributed by atoms with Gasteiger partial charge in [-0.1, -0.05) is 30.4 Å². The van der Waals surface area contributed by atoms with Crippen molar-refractivity contribution in [3.05, 3.63) is 65.7 Å². The molecule has 2 rings (SSSR count). The van der Waals surface area contributed by atoms with E-state index >= 15 is 0 Å². The van der Waals surface area contributed by atoms with Crippen molar-refractivity contribution in [3.63, 3.8) is 0 Å². The Morgan fingerprint density at radius 1 is 1.26 bits per heavy atom. The number of hydrazone groups is 1. The number of rotatable bonds is 6. The maximum Gasteiger partial charge on any atom is 0.335 e. The van der Waals surface area contributed by atoms with E-state index in [2.05, 4.69) is 22.4 Å². The molecule has 0 saturated carbocycles.